The SMILES string of the molecule is CCc1cc(=O)[nH]c(-c2ccc(NCc3cccc(CN4CCOCC4)c3)nc2)n1. The molecule has 1 aromatic carbocycles. The zero-order valence-corrected chi connectivity index (χ0v) is 17.2. The van der Waals surface area contributed by atoms with E-state index in [0.717, 1.165) is 49.9 Å². The summed E-state index contributed by atoms with van der Waals surface area (Å²) in [6.07, 6.45) is 2.45. The largest absolute Gasteiger partial charge is 0.379 e. The Morgan fingerprint density at radius 2 is 1.97 bits per heavy atom. The Morgan fingerprint density at radius 3 is 2.73 bits per heavy atom. The Morgan fingerprint density at radius 1 is 1.13 bits per heavy atom. The molecular weight excluding hydrogens is 378 g/mol. The highest BCUT2D eigenvalue weighted by Crippen LogP contribution is 2.16. The van der Waals surface area contributed by atoms with Gasteiger partial charge >= 0.3 is 0 Å². The summed E-state index contributed by atoms with van der Waals surface area (Å²) in [5.41, 5.74) is 3.95. The first-order valence-electron chi connectivity index (χ1n) is 10.4. The number of aromatic amines is 1. The minimum absolute atomic E-state index is 0.143. The minimum Gasteiger partial charge on any atom is -0.379 e. The van der Waals surface area contributed by atoms with E-state index in [-0.39, 0.29) is 5.56 Å². The van der Waals surface area contributed by atoms with Crippen molar-refractivity contribution < 1.29 is 4.74 Å². The molecule has 1 aliphatic rings. The molecule has 0 aliphatic carbocycles. The van der Waals surface area contributed by atoms with Gasteiger partial charge in [-0.3, -0.25) is 9.69 Å². The molecule has 0 radical (unpaired) electrons. The van der Waals surface area contributed by atoms with Gasteiger partial charge in [0, 0.05) is 49.7 Å². The van der Waals surface area contributed by atoms with E-state index in [2.05, 4.69) is 49.4 Å². The molecule has 0 bridgehead atoms. The highest BCUT2D eigenvalue weighted by atomic mass is 16.5. The molecule has 3 aromatic rings. The number of nitrogens with one attached hydrogen (secondary N) is 2. The van der Waals surface area contributed by atoms with Gasteiger partial charge in [-0.2, -0.15) is 0 Å². The first-order valence-corrected chi connectivity index (χ1v) is 10.4. The zero-order valence-electron chi connectivity index (χ0n) is 17.2. The number of nitrogens with zero attached hydrogens (tertiary/aromatic N) is 3. The normalized spacial score (nSPS) is 14.6. The summed E-state index contributed by atoms with van der Waals surface area (Å²) in [5.74, 6) is 1.33. The van der Waals surface area contributed by atoms with Gasteiger partial charge in [0.2, 0.25) is 0 Å². The predicted octanol–water partition coefficient (Wildman–Crippen LogP) is 2.84. The monoisotopic (exact) mass is 405 g/mol. The molecule has 7 nitrogen and oxygen atoms in total. The van der Waals surface area contributed by atoms with Crippen LogP contribution in [-0.4, -0.2) is 46.2 Å². The summed E-state index contributed by atoms with van der Waals surface area (Å²) in [6.45, 7) is 7.23. The lowest BCUT2D eigenvalue weighted by Gasteiger charge is -2.26. The third-order valence-corrected chi connectivity index (χ3v) is 5.17. The van der Waals surface area contributed by atoms with Gasteiger partial charge in [-0.15, -0.1) is 0 Å². The maximum absolute atomic E-state index is 11.8. The average Bonchev–Trinajstić information content (AvgIpc) is 2.78. The van der Waals surface area contributed by atoms with E-state index >= 15 is 0 Å². The van der Waals surface area contributed by atoms with Crippen LogP contribution in [0.4, 0.5) is 5.82 Å². The molecule has 1 saturated heterocycles. The molecule has 30 heavy (non-hydrogen) atoms. The second kappa shape index (κ2) is 9.65. The van der Waals surface area contributed by atoms with Crippen LogP contribution in [-0.2, 0) is 24.2 Å². The van der Waals surface area contributed by atoms with E-state index < -0.39 is 0 Å². The quantitative estimate of drug-likeness (QED) is 0.629. The van der Waals surface area contributed by atoms with Gasteiger partial charge in [0.25, 0.3) is 5.56 Å². The molecule has 2 aromatic heterocycles. The standard InChI is InChI=1S/C23H27N5O2/c1-2-20-13-22(29)27-23(26-20)19-6-7-21(25-15-19)24-14-17-4-3-5-18(12-17)16-28-8-10-30-11-9-28/h3-7,12-13,15H,2,8-11,14,16H2,1H3,(H,24,25)(H,26,27,29). The second-order valence-corrected chi connectivity index (χ2v) is 7.43. The average molecular weight is 406 g/mol. The van der Waals surface area contributed by atoms with Crippen LogP contribution in [0.1, 0.15) is 23.7 Å². The van der Waals surface area contributed by atoms with E-state index in [9.17, 15) is 4.79 Å². The van der Waals surface area contributed by atoms with Crippen molar-refractivity contribution in [3.8, 4) is 11.4 Å². The lowest BCUT2D eigenvalue weighted by Crippen LogP contribution is -2.35. The van der Waals surface area contributed by atoms with Crippen LogP contribution in [0, 0.1) is 0 Å². The number of rotatable bonds is 7. The third-order valence-electron chi connectivity index (χ3n) is 5.17. The van der Waals surface area contributed by atoms with Gasteiger partial charge in [-0.05, 0) is 29.7 Å². The van der Waals surface area contributed by atoms with Gasteiger partial charge in [-0.25, -0.2) is 9.97 Å². The Labute approximate surface area is 176 Å². The Bertz CT molecular complexity index is 1030. The maximum atomic E-state index is 11.8. The van der Waals surface area contributed by atoms with E-state index in [1.54, 1.807) is 6.20 Å². The fraction of sp³-hybridized carbons (Fsp3) is 0.348. The van der Waals surface area contributed by atoms with Gasteiger partial charge < -0.3 is 15.0 Å². The lowest BCUT2D eigenvalue weighted by atomic mass is 10.1. The number of ether oxygens (including phenoxy) is 1. The molecule has 4 rings (SSSR count). The molecule has 3 heterocycles. The zero-order chi connectivity index (χ0) is 20.8. The Hall–Kier alpha value is -3.03. The van der Waals surface area contributed by atoms with Crippen LogP contribution in [0.15, 0.2) is 53.5 Å². The van der Waals surface area contributed by atoms with Gasteiger partial charge in [0.15, 0.2) is 0 Å². The van der Waals surface area contributed by atoms with E-state index in [0.29, 0.717) is 18.8 Å². The van der Waals surface area contributed by atoms with Crippen molar-refractivity contribution in [2.75, 3.05) is 31.6 Å². The highest BCUT2D eigenvalue weighted by molar-refractivity contribution is 5.55. The van der Waals surface area contributed by atoms with Crippen molar-refractivity contribution >= 4 is 5.82 Å². The summed E-state index contributed by atoms with van der Waals surface area (Å²) < 4.78 is 5.42. The number of anilines is 1. The van der Waals surface area contributed by atoms with Crippen LogP contribution in [0.3, 0.4) is 0 Å². The smallest absolute Gasteiger partial charge is 0.251 e. The van der Waals surface area contributed by atoms with E-state index in [1.807, 2.05) is 19.1 Å². The number of aromatic nitrogens is 3. The van der Waals surface area contributed by atoms with Gasteiger partial charge in [0.1, 0.15) is 11.6 Å². The molecule has 7 heteroatoms. The lowest BCUT2D eigenvalue weighted by molar-refractivity contribution is 0.0342. The number of morpholine rings is 1. The predicted molar refractivity (Wildman–Crippen MR) is 117 cm³/mol. The summed E-state index contributed by atoms with van der Waals surface area (Å²) in [4.78, 5) is 25.9. The third kappa shape index (κ3) is 5.31. The number of hydrogen-bond donors (Lipinski definition) is 2. The van der Waals surface area contributed by atoms with Crippen LogP contribution < -0.4 is 10.9 Å². The second-order valence-electron chi connectivity index (χ2n) is 7.43. The molecule has 1 aliphatic heterocycles. The molecule has 0 saturated carbocycles. The van der Waals surface area contributed by atoms with Crippen LogP contribution in [0.25, 0.3) is 11.4 Å². The first-order chi connectivity index (χ1) is 14.7. The number of hydrogen-bond acceptors (Lipinski definition) is 6. The number of H-pyrrole nitrogens is 1. The van der Waals surface area contributed by atoms with E-state index in [1.165, 1.54) is 17.2 Å². The van der Waals surface area contributed by atoms with Crippen LogP contribution >= 0.6 is 0 Å². The van der Waals surface area contributed by atoms with Crippen molar-refractivity contribution in [3.63, 3.8) is 0 Å². The summed E-state index contributed by atoms with van der Waals surface area (Å²) in [6, 6.07) is 14.0. The number of benzene rings is 1. The van der Waals surface area contributed by atoms with Crippen molar-refractivity contribution in [1.82, 2.24) is 19.9 Å². The Balaban J connectivity index is 1.38. The summed E-state index contributed by atoms with van der Waals surface area (Å²) in [5, 5.41) is 3.37. The van der Waals surface area contributed by atoms with Crippen molar-refractivity contribution in [2.24, 2.45) is 0 Å². The fourth-order valence-corrected chi connectivity index (χ4v) is 3.51. The number of pyridine rings is 1. The van der Waals surface area contributed by atoms with Gasteiger partial charge in [0.05, 0.1) is 13.2 Å². The molecule has 2 N–H and O–H groups in total. The first kappa shape index (κ1) is 20.3. The molecule has 0 atom stereocenters. The van der Waals surface area contributed by atoms with Crippen LogP contribution in [0.5, 0.6) is 0 Å². The van der Waals surface area contributed by atoms with Crippen molar-refractivity contribution in [3.05, 3.63) is 75.8 Å². The Kier molecular flexibility index (Phi) is 6.51. The van der Waals surface area contributed by atoms with Gasteiger partial charge in [-0.1, -0.05) is 31.2 Å². The van der Waals surface area contributed by atoms with Crippen LogP contribution in [0.2, 0.25) is 0 Å². The highest BCUT2D eigenvalue weighted by Gasteiger charge is 2.11. The molecule has 0 spiro atoms. The molecule has 1 fully saturated rings. The summed E-state index contributed by atoms with van der Waals surface area (Å²) in [7, 11) is 0. The van der Waals surface area contributed by atoms with Crippen molar-refractivity contribution in [2.45, 2.75) is 26.4 Å². The number of aryl methyl sites for hydroxylation is 1. The molecule has 156 valence electrons. The van der Waals surface area contributed by atoms with E-state index in [4.69, 9.17) is 4.74 Å². The molecule has 0 unspecified atom stereocenters. The topological polar surface area (TPSA) is 83.1 Å². The minimum atomic E-state index is -0.143. The summed E-state index contributed by atoms with van der Waals surface area (Å²) >= 11 is 0. The molecule has 0 amide bonds. The fourth-order valence-electron chi connectivity index (χ4n) is 3.51. The maximum Gasteiger partial charge on any atom is 0.251 e. The van der Waals surface area contributed by atoms with Crippen molar-refractivity contribution in [1.29, 1.82) is 0 Å². The molecular formula is C23H27N5O2.